The van der Waals surface area contributed by atoms with Crippen LogP contribution in [0.2, 0.25) is 0 Å². The second-order valence-corrected chi connectivity index (χ2v) is 8.87. The van der Waals surface area contributed by atoms with E-state index >= 15 is 0 Å². The van der Waals surface area contributed by atoms with Gasteiger partial charge in [-0.1, -0.05) is 0 Å². The zero-order valence-corrected chi connectivity index (χ0v) is 17.0. The SMILES string of the molecule is CN=C(NCCCn1ccnc1)N1CCS(=O)(=O)C(C)(C)C1.I. The van der Waals surface area contributed by atoms with Crippen molar-refractivity contribution >= 4 is 39.8 Å². The number of nitrogens with zero attached hydrogens (tertiary/aromatic N) is 4. The zero-order valence-electron chi connectivity index (χ0n) is 13.9. The molecule has 0 aliphatic carbocycles. The average Bonchev–Trinajstić information content (AvgIpc) is 2.95. The molecular formula is C14H26IN5O2S. The molecule has 1 fully saturated rings. The van der Waals surface area contributed by atoms with Crippen molar-refractivity contribution in [2.24, 2.45) is 4.99 Å². The molecule has 23 heavy (non-hydrogen) atoms. The van der Waals surface area contributed by atoms with E-state index in [-0.39, 0.29) is 29.7 Å². The average molecular weight is 455 g/mol. The summed E-state index contributed by atoms with van der Waals surface area (Å²) in [4.78, 5) is 10.3. The summed E-state index contributed by atoms with van der Waals surface area (Å²) < 4.78 is 25.4. The third kappa shape index (κ3) is 5.07. The van der Waals surface area contributed by atoms with Crippen LogP contribution in [0.15, 0.2) is 23.7 Å². The van der Waals surface area contributed by atoms with Gasteiger partial charge in [-0.05, 0) is 20.3 Å². The van der Waals surface area contributed by atoms with Gasteiger partial charge in [0.1, 0.15) is 0 Å². The second kappa shape index (κ2) is 8.32. The van der Waals surface area contributed by atoms with Gasteiger partial charge in [0.25, 0.3) is 0 Å². The molecule has 2 rings (SSSR count). The largest absolute Gasteiger partial charge is 0.356 e. The predicted octanol–water partition coefficient (Wildman–Crippen LogP) is 0.976. The summed E-state index contributed by atoms with van der Waals surface area (Å²) in [6.07, 6.45) is 6.45. The van der Waals surface area contributed by atoms with Crippen molar-refractivity contribution in [1.29, 1.82) is 0 Å². The number of aromatic nitrogens is 2. The van der Waals surface area contributed by atoms with Crippen LogP contribution in [0.3, 0.4) is 0 Å². The topological polar surface area (TPSA) is 79.6 Å². The van der Waals surface area contributed by atoms with Crippen molar-refractivity contribution in [1.82, 2.24) is 19.8 Å². The molecule has 132 valence electrons. The molecule has 0 aromatic carbocycles. The van der Waals surface area contributed by atoms with E-state index in [1.165, 1.54) is 0 Å². The summed E-state index contributed by atoms with van der Waals surface area (Å²) in [6, 6.07) is 0. The van der Waals surface area contributed by atoms with Gasteiger partial charge in [0.2, 0.25) is 0 Å². The summed E-state index contributed by atoms with van der Waals surface area (Å²) in [7, 11) is -1.29. The van der Waals surface area contributed by atoms with Crippen LogP contribution >= 0.6 is 24.0 Å². The molecular weight excluding hydrogens is 429 g/mol. The molecule has 0 saturated carbocycles. The summed E-state index contributed by atoms with van der Waals surface area (Å²) >= 11 is 0. The number of hydrogen-bond donors (Lipinski definition) is 1. The smallest absolute Gasteiger partial charge is 0.193 e. The van der Waals surface area contributed by atoms with E-state index in [0.717, 1.165) is 25.5 Å². The van der Waals surface area contributed by atoms with Gasteiger partial charge in [-0.25, -0.2) is 13.4 Å². The Hall–Kier alpha value is -0.840. The molecule has 0 spiro atoms. The Balaban J connectivity index is 0.00000264. The lowest BCUT2D eigenvalue weighted by molar-refractivity contribution is 0.353. The molecule has 1 aliphatic heterocycles. The lowest BCUT2D eigenvalue weighted by Crippen LogP contribution is -2.57. The van der Waals surface area contributed by atoms with E-state index in [9.17, 15) is 8.42 Å². The molecule has 0 bridgehead atoms. The van der Waals surface area contributed by atoms with Crippen LogP contribution in [0.5, 0.6) is 0 Å². The van der Waals surface area contributed by atoms with Gasteiger partial charge < -0.3 is 14.8 Å². The summed E-state index contributed by atoms with van der Waals surface area (Å²) in [5, 5.41) is 3.31. The Labute approximate surface area is 155 Å². The fourth-order valence-electron chi connectivity index (χ4n) is 2.54. The minimum atomic E-state index is -3.03. The Kier molecular flexibility index (Phi) is 7.30. The summed E-state index contributed by atoms with van der Waals surface area (Å²) in [6.45, 7) is 6.20. The first-order chi connectivity index (χ1) is 10.4. The first-order valence-electron chi connectivity index (χ1n) is 7.49. The highest BCUT2D eigenvalue weighted by molar-refractivity contribution is 14.0. The van der Waals surface area contributed by atoms with Crippen molar-refractivity contribution in [2.45, 2.75) is 31.6 Å². The van der Waals surface area contributed by atoms with Crippen LogP contribution in [0.25, 0.3) is 0 Å². The van der Waals surface area contributed by atoms with Gasteiger partial charge in [-0.2, -0.15) is 0 Å². The van der Waals surface area contributed by atoms with Crippen molar-refractivity contribution in [2.75, 3.05) is 32.4 Å². The van der Waals surface area contributed by atoms with E-state index in [0.29, 0.717) is 13.1 Å². The number of nitrogens with one attached hydrogen (secondary N) is 1. The maximum Gasteiger partial charge on any atom is 0.193 e. The van der Waals surface area contributed by atoms with Crippen LogP contribution in [0.4, 0.5) is 0 Å². The van der Waals surface area contributed by atoms with Crippen LogP contribution in [-0.4, -0.2) is 66.0 Å². The monoisotopic (exact) mass is 455 g/mol. The lowest BCUT2D eigenvalue weighted by atomic mass is 10.2. The number of halogens is 1. The molecule has 0 radical (unpaired) electrons. The van der Waals surface area contributed by atoms with Gasteiger partial charge in [0.15, 0.2) is 15.8 Å². The van der Waals surface area contributed by atoms with Gasteiger partial charge in [0, 0.05) is 45.6 Å². The molecule has 0 unspecified atom stereocenters. The highest BCUT2D eigenvalue weighted by Gasteiger charge is 2.40. The Morgan fingerprint density at radius 1 is 1.43 bits per heavy atom. The standard InChI is InChI=1S/C14H25N5O2S.HI/c1-14(2)11-19(9-10-22(14,20)21)13(15-3)17-5-4-7-18-8-6-16-12-18;/h6,8,12H,4-5,7,9-11H2,1-3H3,(H,15,17);1H. The number of aliphatic imine (C=N–C) groups is 1. The molecule has 1 saturated heterocycles. The maximum absolute atomic E-state index is 12.1. The molecule has 7 nitrogen and oxygen atoms in total. The molecule has 0 amide bonds. The Bertz CT molecular complexity index is 613. The van der Waals surface area contributed by atoms with E-state index in [1.807, 2.05) is 15.7 Å². The molecule has 0 atom stereocenters. The number of aryl methyl sites for hydroxylation is 1. The predicted molar refractivity (Wildman–Crippen MR) is 103 cm³/mol. The molecule has 1 aromatic heterocycles. The molecule has 9 heteroatoms. The first-order valence-corrected chi connectivity index (χ1v) is 9.14. The third-order valence-corrected chi connectivity index (χ3v) is 6.52. The van der Waals surface area contributed by atoms with E-state index < -0.39 is 14.6 Å². The Morgan fingerprint density at radius 3 is 2.74 bits per heavy atom. The zero-order chi connectivity index (χ0) is 16.2. The highest BCUT2D eigenvalue weighted by atomic mass is 127. The van der Waals surface area contributed by atoms with Gasteiger partial charge in [0.05, 0.1) is 16.8 Å². The minimum absolute atomic E-state index is 0. The van der Waals surface area contributed by atoms with Crippen LogP contribution in [0, 0.1) is 0 Å². The number of rotatable bonds is 4. The van der Waals surface area contributed by atoms with Crippen molar-refractivity contribution in [3.8, 4) is 0 Å². The summed E-state index contributed by atoms with van der Waals surface area (Å²) in [5.74, 6) is 0.948. The fraction of sp³-hybridized carbons (Fsp3) is 0.714. The molecule has 2 heterocycles. The number of guanidine groups is 1. The van der Waals surface area contributed by atoms with Crippen LogP contribution < -0.4 is 5.32 Å². The lowest BCUT2D eigenvalue weighted by Gasteiger charge is -2.39. The number of hydrogen-bond acceptors (Lipinski definition) is 4. The van der Waals surface area contributed by atoms with Crippen LogP contribution in [0.1, 0.15) is 20.3 Å². The Morgan fingerprint density at radius 2 is 2.17 bits per heavy atom. The molecule has 1 N–H and O–H groups in total. The van der Waals surface area contributed by atoms with Gasteiger partial charge >= 0.3 is 0 Å². The second-order valence-electron chi connectivity index (χ2n) is 6.13. The van der Waals surface area contributed by atoms with Crippen molar-refractivity contribution < 1.29 is 8.42 Å². The highest BCUT2D eigenvalue weighted by Crippen LogP contribution is 2.23. The maximum atomic E-state index is 12.1. The minimum Gasteiger partial charge on any atom is -0.356 e. The van der Waals surface area contributed by atoms with E-state index in [4.69, 9.17) is 0 Å². The van der Waals surface area contributed by atoms with E-state index in [2.05, 4.69) is 15.3 Å². The van der Waals surface area contributed by atoms with Crippen molar-refractivity contribution in [3.05, 3.63) is 18.7 Å². The third-order valence-electron chi connectivity index (χ3n) is 3.99. The molecule has 1 aromatic rings. The van der Waals surface area contributed by atoms with Gasteiger partial charge in [-0.3, -0.25) is 4.99 Å². The normalized spacial score (nSPS) is 20.0. The quantitative estimate of drug-likeness (QED) is 0.317. The van der Waals surface area contributed by atoms with E-state index in [1.54, 1.807) is 33.4 Å². The van der Waals surface area contributed by atoms with Crippen molar-refractivity contribution in [3.63, 3.8) is 0 Å². The van der Waals surface area contributed by atoms with Crippen LogP contribution in [-0.2, 0) is 16.4 Å². The first kappa shape index (κ1) is 20.2. The fourth-order valence-corrected chi connectivity index (χ4v) is 3.90. The summed E-state index contributed by atoms with van der Waals surface area (Å²) in [5.41, 5.74) is 0. The van der Waals surface area contributed by atoms with Gasteiger partial charge in [-0.15, -0.1) is 24.0 Å². The number of sulfone groups is 1. The molecule has 1 aliphatic rings. The number of imidazole rings is 1.